The van der Waals surface area contributed by atoms with E-state index in [-0.39, 0.29) is 0 Å². The minimum Gasteiger partial charge on any atom is -0.402 e. The topological polar surface area (TPSA) is 308 Å². The fourth-order valence-corrected chi connectivity index (χ4v) is 3.92. The molecule has 0 spiro atoms. The van der Waals surface area contributed by atoms with Crippen LogP contribution < -0.4 is 0 Å². The third kappa shape index (κ3) is 8.26. The highest BCUT2D eigenvalue weighted by atomic mass is 31.2. The van der Waals surface area contributed by atoms with E-state index in [2.05, 4.69) is 18.1 Å². The average Bonchev–Trinajstić information content (AvgIpc) is 2.39. The molecule has 22 heteroatoms. The van der Waals surface area contributed by atoms with Crippen LogP contribution in [0.15, 0.2) is 11.5 Å². The summed E-state index contributed by atoms with van der Waals surface area (Å²) in [4.78, 5) is 70.8. The van der Waals surface area contributed by atoms with E-state index in [9.17, 15) is 28.5 Å². The van der Waals surface area contributed by atoms with Crippen molar-refractivity contribution in [2.75, 3.05) is 0 Å². The molecule has 4 atom stereocenters. The summed E-state index contributed by atoms with van der Waals surface area (Å²) in [5.41, 5.74) is 0. The quantitative estimate of drug-likeness (QED) is 0.150. The number of phosphoric ester groups is 4. The van der Waals surface area contributed by atoms with Gasteiger partial charge in [0.1, 0.15) is 18.3 Å². The van der Waals surface area contributed by atoms with Crippen LogP contribution in [0.2, 0.25) is 0 Å². The highest BCUT2D eigenvalue weighted by Crippen LogP contribution is 2.53. The van der Waals surface area contributed by atoms with Gasteiger partial charge in [0.2, 0.25) is 0 Å². The molecule has 0 aromatic rings. The van der Waals surface area contributed by atoms with Crippen molar-refractivity contribution in [2.45, 2.75) is 24.4 Å². The molecule has 1 aliphatic carbocycles. The lowest BCUT2D eigenvalue weighted by atomic mass is 9.93. The Morgan fingerprint density at radius 1 is 0.607 bits per heavy atom. The molecule has 0 unspecified atom stereocenters. The van der Waals surface area contributed by atoms with E-state index in [0.29, 0.717) is 0 Å². The lowest BCUT2D eigenvalue weighted by Crippen LogP contribution is -2.53. The van der Waals surface area contributed by atoms with Crippen LogP contribution in [0.1, 0.15) is 0 Å². The number of phosphoric acid groups is 4. The molecule has 0 aromatic heterocycles. The van der Waals surface area contributed by atoms with Gasteiger partial charge in [-0.25, -0.2) is 18.3 Å². The summed E-state index contributed by atoms with van der Waals surface area (Å²) in [7, 11) is -22.6. The smallest absolute Gasteiger partial charge is 0.402 e. The average molecular weight is 498 g/mol. The normalized spacial score (nSPS) is 27.6. The molecule has 0 aromatic carbocycles. The van der Waals surface area contributed by atoms with Crippen molar-refractivity contribution in [1.82, 2.24) is 0 Å². The first-order valence-corrected chi connectivity index (χ1v) is 12.4. The van der Waals surface area contributed by atoms with E-state index in [1.54, 1.807) is 0 Å². The zero-order chi connectivity index (χ0) is 22.3. The van der Waals surface area contributed by atoms with E-state index in [1.165, 1.54) is 0 Å². The molecule has 0 amide bonds. The maximum atomic E-state index is 11.1. The molecule has 0 bridgehead atoms. The number of rotatable bonds is 8. The Labute approximate surface area is 153 Å². The first-order chi connectivity index (χ1) is 12.2. The Kier molecular flexibility index (Phi) is 7.83. The summed E-state index contributed by atoms with van der Waals surface area (Å²) >= 11 is 0. The molecule has 166 valence electrons. The van der Waals surface area contributed by atoms with E-state index in [0.717, 1.165) is 0 Å². The van der Waals surface area contributed by atoms with Crippen LogP contribution in [0.25, 0.3) is 0 Å². The second kappa shape index (κ2) is 8.49. The van der Waals surface area contributed by atoms with Crippen molar-refractivity contribution in [3.8, 4) is 0 Å². The lowest BCUT2D eigenvalue weighted by Gasteiger charge is -2.38. The molecule has 18 nitrogen and oxygen atoms in total. The van der Waals surface area contributed by atoms with Gasteiger partial charge >= 0.3 is 31.3 Å². The highest BCUT2D eigenvalue weighted by Gasteiger charge is 2.53. The van der Waals surface area contributed by atoms with Crippen LogP contribution in [-0.2, 0) is 36.4 Å². The van der Waals surface area contributed by atoms with Crippen molar-refractivity contribution >= 4 is 31.3 Å². The minimum absolute atomic E-state index is 1.69. The second-order valence-corrected chi connectivity index (χ2v) is 9.62. The molecule has 0 radical (unpaired) electrons. The Hall–Kier alpha value is -0.220. The van der Waals surface area contributed by atoms with Crippen molar-refractivity contribution in [3.63, 3.8) is 0 Å². The van der Waals surface area contributed by atoms with Crippen LogP contribution in [0, 0.1) is 0 Å². The SMILES string of the molecule is O=P(O)(O)OC1=C(OP(=O)(O)O)[C@H](OP(=O)(O)O)[C@@H](O)[C@H](OP(=O)(O)O)[C@@H]1O. The van der Waals surface area contributed by atoms with Crippen LogP contribution >= 0.6 is 31.3 Å². The molecule has 0 aliphatic heterocycles. The van der Waals surface area contributed by atoms with Gasteiger partial charge in [0, 0.05) is 0 Å². The van der Waals surface area contributed by atoms with Gasteiger partial charge in [-0.1, -0.05) is 0 Å². The van der Waals surface area contributed by atoms with Gasteiger partial charge in [0.15, 0.2) is 17.6 Å². The van der Waals surface area contributed by atoms with Gasteiger partial charge in [-0.2, -0.15) is 0 Å². The summed E-state index contributed by atoms with van der Waals surface area (Å²) in [6, 6.07) is 0. The molecule has 1 rings (SSSR count). The molecule has 0 fully saturated rings. The molecular formula is C6H14O18P4. The lowest BCUT2D eigenvalue weighted by molar-refractivity contribution is -0.112. The monoisotopic (exact) mass is 498 g/mol. The third-order valence-electron chi connectivity index (χ3n) is 2.67. The zero-order valence-corrected chi connectivity index (χ0v) is 16.4. The van der Waals surface area contributed by atoms with E-state index in [1.807, 2.05) is 0 Å². The molecule has 10 N–H and O–H groups in total. The standard InChI is InChI=1S/C6H14O18P4/c7-1-3(21-25(9,10)11)2(8)5(23-27(15,16)17)6(24-28(18,19)20)4(1)22-26(12,13)14/h1-4,7-8H,(H2,9,10,11)(H2,12,13,14)(H2,15,16,17)(H2,18,19,20)/t1-,2-,3-,4+/m0/s1. The fraction of sp³-hybridized carbons (Fsp3) is 0.667. The summed E-state index contributed by atoms with van der Waals surface area (Å²) in [5, 5.41) is 20.0. The first-order valence-electron chi connectivity index (χ1n) is 6.28. The molecule has 28 heavy (non-hydrogen) atoms. The van der Waals surface area contributed by atoms with Crippen LogP contribution in [0.4, 0.5) is 0 Å². The van der Waals surface area contributed by atoms with Crippen molar-refractivity contribution < 1.29 is 85.7 Å². The van der Waals surface area contributed by atoms with Gasteiger partial charge in [-0.3, -0.25) is 28.6 Å². The van der Waals surface area contributed by atoms with Gasteiger partial charge in [-0.05, 0) is 0 Å². The molecule has 0 heterocycles. The third-order valence-corrected chi connectivity index (χ3v) is 4.56. The van der Waals surface area contributed by atoms with Crippen LogP contribution in [-0.4, -0.2) is 73.8 Å². The minimum atomic E-state index is -5.69. The van der Waals surface area contributed by atoms with Crippen molar-refractivity contribution in [2.24, 2.45) is 0 Å². The van der Waals surface area contributed by atoms with Gasteiger partial charge < -0.3 is 38.8 Å². The number of aliphatic hydroxyl groups is 2. The van der Waals surface area contributed by atoms with Crippen LogP contribution in [0.3, 0.4) is 0 Å². The van der Waals surface area contributed by atoms with E-state index >= 15 is 0 Å². The number of hydrogen-bond acceptors (Lipinski definition) is 10. The summed E-state index contributed by atoms with van der Waals surface area (Å²) in [6.45, 7) is 0. The van der Waals surface area contributed by atoms with Gasteiger partial charge in [-0.15, -0.1) is 0 Å². The fourth-order valence-electron chi connectivity index (χ4n) is 1.94. The molecule has 1 aliphatic rings. The zero-order valence-electron chi connectivity index (χ0n) is 12.8. The molecule has 0 saturated heterocycles. The van der Waals surface area contributed by atoms with E-state index in [4.69, 9.17) is 39.1 Å². The second-order valence-electron chi connectivity index (χ2n) is 4.90. The summed E-state index contributed by atoms with van der Waals surface area (Å²) in [6.07, 6.45) is -10.9. The first kappa shape index (κ1) is 25.8. The maximum Gasteiger partial charge on any atom is 0.524 e. The number of hydrogen-bond donors (Lipinski definition) is 10. The van der Waals surface area contributed by atoms with Crippen molar-refractivity contribution in [1.29, 1.82) is 0 Å². The van der Waals surface area contributed by atoms with E-state index < -0.39 is 67.2 Å². The summed E-state index contributed by atoms with van der Waals surface area (Å²) < 4.78 is 60.0. The molecule has 0 saturated carbocycles. The highest BCUT2D eigenvalue weighted by molar-refractivity contribution is 7.47. The maximum absolute atomic E-state index is 11.1. The van der Waals surface area contributed by atoms with Gasteiger partial charge in [0.05, 0.1) is 0 Å². The van der Waals surface area contributed by atoms with Crippen molar-refractivity contribution in [3.05, 3.63) is 11.5 Å². The van der Waals surface area contributed by atoms with Gasteiger partial charge in [0.25, 0.3) is 0 Å². The Bertz CT molecular complexity index is 793. The Balaban J connectivity index is 3.67. The Morgan fingerprint density at radius 2 is 1.00 bits per heavy atom. The predicted octanol–water partition coefficient (Wildman–Crippen LogP) is -2.89. The predicted molar refractivity (Wildman–Crippen MR) is 79.1 cm³/mol. The molecular weight excluding hydrogens is 484 g/mol. The summed E-state index contributed by atoms with van der Waals surface area (Å²) in [5.74, 6) is -3.38. The largest absolute Gasteiger partial charge is 0.524 e. The Morgan fingerprint density at radius 3 is 1.36 bits per heavy atom. The number of aliphatic hydroxyl groups excluding tert-OH is 2. The van der Waals surface area contributed by atoms with Crippen LogP contribution in [0.5, 0.6) is 0 Å².